The molecule has 1 aromatic carbocycles. The van der Waals surface area contributed by atoms with E-state index < -0.39 is 0 Å². The lowest BCUT2D eigenvalue weighted by Crippen LogP contribution is -2.16. The Hall–Kier alpha value is -1.72. The van der Waals surface area contributed by atoms with Crippen molar-refractivity contribution in [3.63, 3.8) is 0 Å². The minimum atomic E-state index is 0.0242. The Morgan fingerprint density at radius 3 is 3.10 bits per heavy atom. The van der Waals surface area contributed by atoms with Crippen LogP contribution in [-0.2, 0) is 9.53 Å². The van der Waals surface area contributed by atoms with Crippen molar-refractivity contribution in [2.75, 3.05) is 18.5 Å². The highest BCUT2D eigenvalue weighted by Crippen LogP contribution is 2.31. The van der Waals surface area contributed by atoms with Crippen LogP contribution >= 0.6 is 11.3 Å². The number of aryl methyl sites for hydroxylation is 1. The van der Waals surface area contributed by atoms with E-state index in [4.69, 9.17) is 4.74 Å². The number of aromatic nitrogens is 1. The van der Waals surface area contributed by atoms with Crippen molar-refractivity contribution in [2.45, 2.75) is 19.8 Å². The fraction of sp³-hybridized carbons (Fsp3) is 0.375. The first kappa shape index (κ1) is 14.2. The van der Waals surface area contributed by atoms with Gasteiger partial charge in [0.15, 0.2) is 5.13 Å². The highest BCUT2D eigenvalue weighted by atomic mass is 32.1. The number of amides is 1. The number of carbonyl (C=O) groups excluding carboxylic acids is 1. The lowest BCUT2D eigenvalue weighted by atomic mass is 10.1. The summed E-state index contributed by atoms with van der Waals surface area (Å²) in [5.74, 6) is 0.372. The maximum absolute atomic E-state index is 12.0. The molecule has 4 nitrogen and oxygen atoms in total. The third-order valence-electron chi connectivity index (χ3n) is 3.66. The quantitative estimate of drug-likeness (QED) is 0.940. The molecule has 1 aliphatic rings. The molecule has 3 rings (SSSR count). The number of carbonyl (C=O) groups is 1. The third-order valence-corrected chi connectivity index (χ3v) is 4.61. The molecule has 21 heavy (non-hydrogen) atoms. The molecule has 1 aromatic heterocycles. The smallest absolute Gasteiger partial charge is 0.226 e. The van der Waals surface area contributed by atoms with Gasteiger partial charge in [-0.2, -0.15) is 0 Å². The first-order valence-electron chi connectivity index (χ1n) is 7.12. The maximum Gasteiger partial charge on any atom is 0.226 e. The van der Waals surface area contributed by atoms with Gasteiger partial charge in [-0.05, 0) is 30.4 Å². The average molecular weight is 302 g/mol. The number of nitrogens with zero attached hydrogens (tertiary/aromatic N) is 1. The van der Waals surface area contributed by atoms with Gasteiger partial charge >= 0.3 is 0 Å². The van der Waals surface area contributed by atoms with Crippen LogP contribution in [-0.4, -0.2) is 24.1 Å². The van der Waals surface area contributed by atoms with Crippen molar-refractivity contribution in [2.24, 2.45) is 5.92 Å². The Balaban J connectivity index is 1.65. The topological polar surface area (TPSA) is 51.2 Å². The minimum absolute atomic E-state index is 0.0242. The number of rotatable bonds is 4. The molecule has 1 saturated heterocycles. The fourth-order valence-electron chi connectivity index (χ4n) is 2.48. The van der Waals surface area contributed by atoms with E-state index in [0.29, 0.717) is 24.1 Å². The third kappa shape index (κ3) is 3.49. The zero-order chi connectivity index (χ0) is 14.7. The second-order valence-corrected chi connectivity index (χ2v) is 6.36. The summed E-state index contributed by atoms with van der Waals surface area (Å²) >= 11 is 1.51. The van der Waals surface area contributed by atoms with Gasteiger partial charge in [0.05, 0.1) is 4.88 Å². The largest absolute Gasteiger partial charge is 0.381 e. The van der Waals surface area contributed by atoms with Crippen LogP contribution in [0.1, 0.15) is 18.4 Å². The zero-order valence-corrected chi connectivity index (χ0v) is 12.8. The molecule has 0 spiro atoms. The summed E-state index contributed by atoms with van der Waals surface area (Å²) in [4.78, 5) is 17.4. The summed E-state index contributed by atoms with van der Waals surface area (Å²) in [5, 5.41) is 3.56. The Morgan fingerprint density at radius 1 is 1.48 bits per heavy atom. The molecule has 2 heterocycles. The van der Waals surface area contributed by atoms with Crippen molar-refractivity contribution >= 4 is 22.4 Å². The highest BCUT2D eigenvalue weighted by Gasteiger charge is 2.19. The van der Waals surface area contributed by atoms with Crippen LogP contribution in [0.3, 0.4) is 0 Å². The Bertz CT molecular complexity index is 633. The molecular formula is C16H18N2O2S. The van der Waals surface area contributed by atoms with Crippen molar-refractivity contribution in [3.8, 4) is 10.4 Å². The van der Waals surface area contributed by atoms with Gasteiger partial charge in [0, 0.05) is 25.8 Å². The number of thiazole rings is 1. The summed E-state index contributed by atoms with van der Waals surface area (Å²) in [6.07, 6.45) is 3.31. The number of hydrogen-bond donors (Lipinski definition) is 1. The molecule has 0 aliphatic carbocycles. The van der Waals surface area contributed by atoms with E-state index in [0.717, 1.165) is 17.9 Å². The number of nitrogens with one attached hydrogen (secondary N) is 1. The van der Waals surface area contributed by atoms with Crippen LogP contribution in [0.5, 0.6) is 0 Å². The predicted molar refractivity (Wildman–Crippen MR) is 84.5 cm³/mol. The lowest BCUT2D eigenvalue weighted by Gasteiger charge is -2.06. The molecule has 1 aliphatic heterocycles. The summed E-state index contributed by atoms with van der Waals surface area (Å²) < 4.78 is 5.29. The minimum Gasteiger partial charge on any atom is -0.381 e. The van der Waals surface area contributed by atoms with Crippen LogP contribution < -0.4 is 5.32 Å². The molecule has 1 atom stereocenters. The van der Waals surface area contributed by atoms with Gasteiger partial charge in [-0.3, -0.25) is 4.79 Å². The average Bonchev–Trinajstić information content (AvgIpc) is 3.11. The van der Waals surface area contributed by atoms with E-state index >= 15 is 0 Å². The van der Waals surface area contributed by atoms with E-state index in [1.807, 2.05) is 18.3 Å². The second kappa shape index (κ2) is 6.37. The first-order chi connectivity index (χ1) is 10.2. The molecule has 0 saturated carbocycles. The van der Waals surface area contributed by atoms with Gasteiger partial charge < -0.3 is 10.1 Å². The molecule has 1 amide bonds. The number of anilines is 1. The van der Waals surface area contributed by atoms with Crippen LogP contribution in [0, 0.1) is 12.8 Å². The number of benzene rings is 1. The standard InChI is InChI=1S/C16H18N2O2S/c1-11-4-2-3-5-13(11)14-9-17-16(21-14)18-15(19)8-12-6-7-20-10-12/h2-5,9,12H,6-8,10H2,1H3,(H,17,18,19)/t12-/m0/s1. The highest BCUT2D eigenvalue weighted by molar-refractivity contribution is 7.19. The second-order valence-electron chi connectivity index (χ2n) is 5.33. The van der Waals surface area contributed by atoms with Gasteiger partial charge in [-0.25, -0.2) is 4.98 Å². The van der Waals surface area contributed by atoms with Gasteiger partial charge in [0.25, 0.3) is 0 Å². The van der Waals surface area contributed by atoms with Crippen LogP contribution in [0.4, 0.5) is 5.13 Å². The molecule has 1 N–H and O–H groups in total. The lowest BCUT2D eigenvalue weighted by molar-refractivity contribution is -0.117. The summed E-state index contributed by atoms with van der Waals surface area (Å²) in [6, 6.07) is 8.18. The predicted octanol–water partition coefficient (Wildman–Crippen LogP) is 3.48. The molecule has 0 unspecified atom stereocenters. The Kier molecular flexibility index (Phi) is 4.31. The molecular weight excluding hydrogens is 284 g/mol. The first-order valence-corrected chi connectivity index (χ1v) is 7.93. The van der Waals surface area contributed by atoms with E-state index in [1.54, 1.807) is 0 Å². The zero-order valence-electron chi connectivity index (χ0n) is 12.0. The molecule has 110 valence electrons. The van der Waals surface area contributed by atoms with Gasteiger partial charge in [0.2, 0.25) is 5.91 Å². The van der Waals surface area contributed by atoms with Gasteiger partial charge in [-0.15, -0.1) is 0 Å². The molecule has 5 heteroatoms. The van der Waals surface area contributed by atoms with Crippen LogP contribution in [0.15, 0.2) is 30.5 Å². The van der Waals surface area contributed by atoms with Crippen LogP contribution in [0.2, 0.25) is 0 Å². The molecule has 1 fully saturated rings. The van der Waals surface area contributed by atoms with Gasteiger partial charge in [0.1, 0.15) is 0 Å². The van der Waals surface area contributed by atoms with Crippen molar-refractivity contribution in [1.82, 2.24) is 4.98 Å². The van der Waals surface area contributed by atoms with Crippen molar-refractivity contribution in [1.29, 1.82) is 0 Å². The van der Waals surface area contributed by atoms with Gasteiger partial charge in [-0.1, -0.05) is 35.6 Å². The van der Waals surface area contributed by atoms with E-state index in [2.05, 4.69) is 29.4 Å². The van der Waals surface area contributed by atoms with Crippen molar-refractivity contribution < 1.29 is 9.53 Å². The molecule has 0 bridgehead atoms. The number of hydrogen-bond acceptors (Lipinski definition) is 4. The normalized spacial score (nSPS) is 17.9. The monoisotopic (exact) mass is 302 g/mol. The summed E-state index contributed by atoms with van der Waals surface area (Å²) in [6.45, 7) is 3.54. The maximum atomic E-state index is 12.0. The Morgan fingerprint density at radius 2 is 2.33 bits per heavy atom. The fourth-order valence-corrected chi connectivity index (χ4v) is 3.41. The molecule has 2 aromatic rings. The number of ether oxygens (including phenoxy) is 1. The van der Waals surface area contributed by atoms with E-state index in [9.17, 15) is 4.79 Å². The summed E-state index contributed by atoms with van der Waals surface area (Å²) in [5.41, 5.74) is 2.38. The van der Waals surface area contributed by atoms with E-state index in [1.165, 1.54) is 22.5 Å². The SMILES string of the molecule is Cc1ccccc1-c1cnc(NC(=O)C[C@@H]2CCOC2)s1. The van der Waals surface area contributed by atoms with Crippen LogP contribution in [0.25, 0.3) is 10.4 Å². The summed E-state index contributed by atoms with van der Waals surface area (Å²) in [7, 11) is 0. The molecule has 0 radical (unpaired) electrons. The van der Waals surface area contributed by atoms with Crippen molar-refractivity contribution in [3.05, 3.63) is 36.0 Å². The van der Waals surface area contributed by atoms with E-state index in [-0.39, 0.29) is 5.91 Å². The Labute approximate surface area is 128 Å².